The topological polar surface area (TPSA) is 146 Å². The lowest BCUT2D eigenvalue weighted by molar-refractivity contribution is 0.463. The van der Waals surface area contributed by atoms with Crippen molar-refractivity contribution in [2.24, 2.45) is 4.76 Å². The van der Waals surface area contributed by atoms with E-state index in [1.54, 1.807) is 16.8 Å². The molecule has 0 fully saturated rings. The molecule has 15 heteroatoms. The molecule has 5 rings (SSSR count). The number of hydrogen-bond donors (Lipinski definition) is 4. The number of benzene rings is 2. The number of fused-ring (bicyclic) bond motifs is 1. The number of aromatic nitrogens is 2. The van der Waals surface area contributed by atoms with Crippen LogP contribution in [0.2, 0.25) is 0 Å². The number of anilines is 2. The fraction of sp³-hybridized carbons (Fsp3) is 0.0870. The summed E-state index contributed by atoms with van der Waals surface area (Å²) in [6.45, 7) is -0.237. The molecule has 3 heterocycles. The quantitative estimate of drug-likeness (QED) is 0.258. The molecule has 0 saturated carbocycles. The molecule has 0 bridgehead atoms. The first-order valence-electron chi connectivity index (χ1n) is 10.8. The molecular weight excluding hydrogens is 559 g/mol. The van der Waals surface area contributed by atoms with Crippen molar-refractivity contribution in [3.63, 3.8) is 0 Å². The van der Waals surface area contributed by atoms with E-state index in [1.807, 2.05) is 0 Å². The van der Waals surface area contributed by atoms with Gasteiger partial charge in [0.05, 0.1) is 23.8 Å². The smallest absolute Gasteiger partial charge is 0.281 e. The van der Waals surface area contributed by atoms with Gasteiger partial charge in [-0.25, -0.2) is 26.6 Å². The molecule has 2 aromatic heterocycles. The molecule has 1 aliphatic rings. The molecule has 4 aromatic rings. The number of rotatable bonds is 6. The Kier molecular flexibility index (Phi) is 6.73. The maximum absolute atomic E-state index is 13.8. The van der Waals surface area contributed by atoms with Gasteiger partial charge >= 0.3 is 0 Å². The predicted molar refractivity (Wildman–Crippen MR) is 143 cm³/mol. The maximum atomic E-state index is 13.8. The standard InChI is InChI=1S/C23H18F2N5O5PS2/c1-38(34,35)29-14-3-5-17-18(9-14)36(33)28-22(26-17)19-21(31)20(13-6-7-37-11-13)27-30(23(19)32)10-12-2-4-15(24)16(25)8-12/h2-9,11,29,31,33H,10H2,1H3,(H,26,28). The van der Waals surface area contributed by atoms with Crippen LogP contribution in [0.25, 0.3) is 11.3 Å². The van der Waals surface area contributed by atoms with E-state index in [1.165, 1.54) is 35.6 Å². The highest BCUT2D eigenvalue weighted by molar-refractivity contribution is 7.92. The Morgan fingerprint density at radius 3 is 2.63 bits per heavy atom. The molecule has 0 spiro atoms. The highest BCUT2D eigenvalue weighted by Crippen LogP contribution is 2.40. The van der Waals surface area contributed by atoms with Crippen LogP contribution in [0.5, 0.6) is 5.75 Å². The lowest BCUT2D eigenvalue weighted by Gasteiger charge is -2.23. The summed E-state index contributed by atoms with van der Waals surface area (Å²) in [5, 5.41) is 22.1. The van der Waals surface area contributed by atoms with Gasteiger partial charge in [-0.1, -0.05) is 6.07 Å². The zero-order valence-corrected chi connectivity index (χ0v) is 21.9. The molecule has 0 aliphatic carbocycles. The number of amidine groups is 1. The SMILES string of the molecule is CS(=O)(=O)Nc1ccc2c(c1)P(O)N=C(c1c(O)c(-c3ccsc3)nn(Cc3ccc(F)c(F)c3)c1=O)N2. The summed E-state index contributed by atoms with van der Waals surface area (Å²) >= 11 is 1.34. The number of nitrogens with zero attached hydrogens (tertiary/aromatic N) is 3. The normalized spacial score (nSPS) is 14.9. The van der Waals surface area contributed by atoms with Gasteiger partial charge in [0.2, 0.25) is 10.0 Å². The zero-order valence-electron chi connectivity index (χ0n) is 19.4. The van der Waals surface area contributed by atoms with Crippen LogP contribution in [-0.2, 0) is 16.6 Å². The monoisotopic (exact) mass is 577 g/mol. The van der Waals surface area contributed by atoms with E-state index in [2.05, 4.69) is 19.9 Å². The van der Waals surface area contributed by atoms with E-state index in [0.717, 1.165) is 23.1 Å². The third-order valence-electron chi connectivity index (χ3n) is 5.44. The highest BCUT2D eigenvalue weighted by atomic mass is 32.2. The number of hydrogen-bond acceptors (Lipinski definition) is 9. The fourth-order valence-corrected chi connectivity index (χ4v) is 6.02. The summed E-state index contributed by atoms with van der Waals surface area (Å²) in [5.74, 6) is -2.73. The van der Waals surface area contributed by atoms with Crippen LogP contribution < -0.4 is 20.9 Å². The third kappa shape index (κ3) is 5.16. The van der Waals surface area contributed by atoms with Gasteiger partial charge in [-0.2, -0.15) is 16.4 Å². The van der Waals surface area contributed by atoms with Crippen molar-refractivity contribution < 1.29 is 27.2 Å². The van der Waals surface area contributed by atoms with Gasteiger partial charge in [0.15, 0.2) is 25.7 Å². The van der Waals surface area contributed by atoms with Crippen LogP contribution in [0.1, 0.15) is 11.1 Å². The minimum absolute atomic E-state index is 0.0497. The fourth-order valence-electron chi connectivity index (χ4n) is 3.78. The number of halogens is 2. The minimum atomic E-state index is -3.56. The van der Waals surface area contributed by atoms with E-state index in [4.69, 9.17) is 0 Å². The van der Waals surface area contributed by atoms with Crippen LogP contribution in [0, 0.1) is 11.6 Å². The number of aromatic hydroxyl groups is 1. The van der Waals surface area contributed by atoms with Crippen molar-refractivity contribution in [3.05, 3.63) is 86.3 Å². The second-order valence-corrected chi connectivity index (χ2v) is 12.1. The Balaban J connectivity index is 1.61. The molecule has 0 amide bonds. The average Bonchev–Trinajstić information content (AvgIpc) is 3.37. The van der Waals surface area contributed by atoms with Gasteiger partial charge in [-0.05, 0) is 47.3 Å². The molecule has 38 heavy (non-hydrogen) atoms. The molecule has 0 saturated heterocycles. The van der Waals surface area contributed by atoms with Gasteiger partial charge in [-0.15, -0.1) is 0 Å². The molecule has 1 unspecified atom stereocenters. The second-order valence-electron chi connectivity index (χ2n) is 8.26. The predicted octanol–water partition coefficient (Wildman–Crippen LogP) is 3.18. The lowest BCUT2D eigenvalue weighted by Crippen LogP contribution is -2.34. The molecule has 0 radical (unpaired) electrons. The van der Waals surface area contributed by atoms with E-state index < -0.39 is 41.3 Å². The summed E-state index contributed by atoms with van der Waals surface area (Å²) in [6, 6.07) is 9.26. The van der Waals surface area contributed by atoms with Crippen LogP contribution in [-0.4, -0.2) is 40.3 Å². The molecule has 10 nitrogen and oxygen atoms in total. The van der Waals surface area contributed by atoms with Crippen LogP contribution in [0.15, 0.2) is 62.8 Å². The average molecular weight is 578 g/mol. The van der Waals surface area contributed by atoms with Crippen molar-refractivity contribution in [2.75, 3.05) is 16.3 Å². The summed E-state index contributed by atoms with van der Waals surface area (Å²) in [7, 11) is -5.81. The lowest BCUT2D eigenvalue weighted by atomic mass is 10.1. The number of nitrogens with one attached hydrogen (secondary N) is 2. The van der Waals surface area contributed by atoms with Gasteiger partial charge in [0.25, 0.3) is 5.56 Å². The molecule has 1 atom stereocenters. The molecule has 196 valence electrons. The van der Waals surface area contributed by atoms with Crippen LogP contribution >= 0.6 is 19.6 Å². The molecule has 1 aliphatic heterocycles. The van der Waals surface area contributed by atoms with Gasteiger partial charge in [0, 0.05) is 16.6 Å². The van der Waals surface area contributed by atoms with Crippen molar-refractivity contribution in [2.45, 2.75) is 6.54 Å². The van der Waals surface area contributed by atoms with E-state index in [-0.39, 0.29) is 34.9 Å². The number of sulfonamides is 1. The molecular formula is C23H18F2N5O5PS2. The highest BCUT2D eigenvalue weighted by Gasteiger charge is 2.28. The van der Waals surface area contributed by atoms with Gasteiger partial charge < -0.3 is 15.3 Å². The Morgan fingerprint density at radius 2 is 1.95 bits per heavy atom. The van der Waals surface area contributed by atoms with E-state index in [0.29, 0.717) is 16.6 Å². The van der Waals surface area contributed by atoms with Crippen molar-refractivity contribution >= 4 is 52.2 Å². The summed E-state index contributed by atoms with van der Waals surface area (Å²) in [5.41, 5.74) is 0.303. The van der Waals surface area contributed by atoms with E-state index >= 15 is 0 Å². The Hall–Kier alpha value is -3.71. The van der Waals surface area contributed by atoms with E-state index in [9.17, 15) is 32.0 Å². The largest absolute Gasteiger partial charge is 0.505 e. The molecule has 2 aromatic carbocycles. The van der Waals surface area contributed by atoms with Crippen molar-refractivity contribution in [3.8, 4) is 17.0 Å². The Labute approximate surface area is 219 Å². The van der Waals surface area contributed by atoms with Crippen LogP contribution in [0.4, 0.5) is 20.2 Å². The molecule has 4 N–H and O–H groups in total. The summed E-state index contributed by atoms with van der Waals surface area (Å²) in [6.07, 6.45) is 0.991. The first kappa shape index (κ1) is 25.9. The maximum Gasteiger partial charge on any atom is 0.281 e. The summed E-state index contributed by atoms with van der Waals surface area (Å²) in [4.78, 5) is 24.3. The van der Waals surface area contributed by atoms with Crippen molar-refractivity contribution in [1.82, 2.24) is 9.78 Å². The third-order valence-corrected chi connectivity index (χ3v) is 7.92. The zero-order chi connectivity index (χ0) is 27.2. The first-order chi connectivity index (χ1) is 18.0. The Bertz CT molecular complexity index is 1760. The van der Waals surface area contributed by atoms with Crippen molar-refractivity contribution in [1.29, 1.82) is 0 Å². The number of thiophene rings is 1. The summed E-state index contributed by atoms with van der Waals surface area (Å²) < 4.78 is 57.9. The Morgan fingerprint density at radius 1 is 1.16 bits per heavy atom. The van der Waals surface area contributed by atoms with Crippen LogP contribution in [0.3, 0.4) is 0 Å². The minimum Gasteiger partial charge on any atom is -0.505 e. The van der Waals surface area contributed by atoms with Gasteiger partial charge in [-0.3, -0.25) is 9.52 Å². The second kappa shape index (κ2) is 9.87. The van der Waals surface area contributed by atoms with Gasteiger partial charge in [0.1, 0.15) is 17.1 Å². The first-order valence-corrected chi connectivity index (χ1v) is 14.9.